The number of hydrogen-bond donors (Lipinski definition) is 2. The van der Waals surface area contributed by atoms with E-state index in [9.17, 15) is 9.59 Å². The third-order valence-electron chi connectivity index (χ3n) is 4.38. The molecule has 0 spiro atoms. The smallest absolute Gasteiger partial charge is 0.255 e. The van der Waals surface area contributed by atoms with Gasteiger partial charge in [-0.2, -0.15) is 0 Å². The summed E-state index contributed by atoms with van der Waals surface area (Å²) in [5.41, 5.74) is 1.07. The van der Waals surface area contributed by atoms with Crippen LogP contribution in [0.2, 0.25) is 5.02 Å². The number of benzene rings is 1. The number of anilines is 1. The highest BCUT2D eigenvalue weighted by atomic mass is 35.5. The molecule has 2 saturated heterocycles. The van der Waals surface area contributed by atoms with Gasteiger partial charge in [-0.3, -0.25) is 9.59 Å². The lowest BCUT2D eigenvalue weighted by Crippen LogP contribution is -2.40. The lowest BCUT2D eigenvalue weighted by molar-refractivity contribution is -0.116. The fraction of sp³-hybridized carbons (Fsp3) is 0.529. The van der Waals surface area contributed by atoms with Crippen LogP contribution in [-0.2, 0) is 9.53 Å². The van der Waals surface area contributed by atoms with Crippen LogP contribution < -0.4 is 10.6 Å². The Labute approximate surface area is 158 Å². The van der Waals surface area contributed by atoms with E-state index in [-0.39, 0.29) is 30.3 Å². The summed E-state index contributed by atoms with van der Waals surface area (Å²) in [6.07, 6.45) is 2.59. The van der Waals surface area contributed by atoms with Crippen molar-refractivity contribution in [1.29, 1.82) is 0 Å². The van der Waals surface area contributed by atoms with E-state index in [1.165, 1.54) is 0 Å². The third-order valence-corrected chi connectivity index (χ3v) is 4.69. The average Bonchev–Trinajstić information content (AvgIpc) is 3.08. The van der Waals surface area contributed by atoms with Crippen LogP contribution in [0.15, 0.2) is 18.2 Å². The second-order valence-electron chi connectivity index (χ2n) is 6.14. The predicted molar refractivity (Wildman–Crippen MR) is 99.7 cm³/mol. The number of hydrogen-bond acceptors (Lipinski definition) is 4. The van der Waals surface area contributed by atoms with Gasteiger partial charge >= 0.3 is 0 Å². The van der Waals surface area contributed by atoms with Crippen molar-refractivity contribution >= 4 is 41.5 Å². The first-order chi connectivity index (χ1) is 11.6. The second kappa shape index (κ2) is 9.38. The zero-order valence-electron chi connectivity index (χ0n) is 13.9. The molecule has 2 heterocycles. The van der Waals surface area contributed by atoms with E-state index in [1.807, 2.05) is 0 Å². The molecule has 2 aliphatic rings. The van der Waals surface area contributed by atoms with E-state index in [0.29, 0.717) is 49.0 Å². The van der Waals surface area contributed by atoms with Gasteiger partial charge in [0.15, 0.2) is 0 Å². The van der Waals surface area contributed by atoms with E-state index in [0.717, 1.165) is 19.4 Å². The summed E-state index contributed by atoms with van der Waals surface area (Å²) in [5.74, 6) is -0.144. The molecule has 138 valence electrons. The normalized spacial score (nSPS) is 20.0. The number of nitrogens with one attached hydrogen (secondary N) is 2. The van der Waals surface area contributed by atoms with E-state index < -0.39 is 0 Å². The molecule has 1 aromatic rings. The number of morpholine rings is 1. The molecule has 0 radical (unpaired) electrons. The minimum absolute atomic E-state index is 0. The maximum Gasteiger partial charge on any atom is 0.255 e. The molecule has 0 saturated carbocycles. The topological polar surface area (TPSA) is 70.7 Å². The average molecular weight is 388 g/mol. The number of halogens is 2. The highest BCUT2D eigenvalue weighted by Gasteiger charge is 2.21. The van der Waals surface area contributed by atoms with Gasteiger partial charge in [-0.25, -0.2) is 0 Å². The lowest BCUT2D eigenvalue weighted by atomic mass is 10.1. The number of carbonyl (C=O) groups excluding carboxylic acids is 2. The predicted octanol–water partition coefficient (Wildman–Crippen LogP) is 2.31. The number of nitrogens with zero attached hydrogens (tertiary/aromatic N) is 1. The molecular formula is C17H23Cl2N3O3. The van der Waals surface area contributed by atoms with Gasteiger partial charge in [-0.15, -0.1) is 12.4 Å². The van der Waals surface area contributed by atoms with Crippen molar-refractivity contribution in [3.05, 3.63) is 28.8 Å². The first-order valence-electron chi connectivity index (χ1n) is 8.33. The lowest BCUT2D eigenvalue weighted by Gasteiger charge is -2.27. The van der Waals surface area contributed by atoms with Crippen LogP contribution in [0.4, 0.5) is 5.69 Å². The Balaban J connectivity index is 0.00000225. The van der Waals surface area contributed by atoms with E-state index in [1.54, 1.807) is 23.1 Å². The molecule has 2 amide bonds. The summed E-state index contributed by atoms with van der Waals surface area (Å²) in [4.78, 5) is 26.3. The molecule has 1 unspecified atom stereocenters. The van der Waals surface area contributed by atoms with Crippen molar-refractivity contribution in [2.24, 2.45) is 0 Å². The van der Waals surface area contributed by atoms with Crippen molar-refractivity contribution in [3.63, 3.8) is 0 Å². The molecule has 0 aliphatic carbocycles. The highest BCUT2D eigenvalue weighted by molar-refractivity contribution is 6.34. The minimum atomic E-state index is -0.101. The minimum Gasteiger partial charge on any atom is -0.378 e. The summed E-state index contributed by atoms with van der Waals surface area (Å²) in [6, 6.07) is 5.28. The monoisotopic (exact) mass is 387 g/mol. The van der Waals surface area contributed by atoms with Gasteiger partial charge in [-0.1, -0.05) is 11.6 Å². The van der Waals surface area contributed by atoms with Gasteiger partial charge in [0.1, 0.15) is 0 Å². The Morgan fingerprint density at radius 1 is 1.32 bits per heavy atom. The largest absolute Gasteiger partial charge is 0.378 e. The Morgan fingerprint density at radius 3 is 2.72 bits per heavy atom. The summed E-state index contributed by atoms with van der Waals surface area (Å²) in [7, 11) is 0. The van der Waals surface area contributed by atoms with E-state index in [2.05, 4.69) is 10.6 Å². The molecule has 25 heavy (non-hydrogen) atoms. The van der Waals surface area contributed by atoms with Gasteiger partial charge in [0.05, 0.1) is 23.8 Å². The van der Waals surface area contributed by atoms with Crippen molar-refractivity contribution in [2.75, 3.05) is 38.2 Å². The van der Waals surface area contributed by atoms with Gasteiger partial charge in [0, 0.05) is 31.2 Å². The number of rotatable bonds is 4. The van der Waals surface area contributed by atoms with Gasteiger partial charge in [0.25, 0.3) is 5.91 Å². The molecule has 1 atom stereocenters. The Bertz CT molecular complexity index is 615. The van der Waals surface area contributed by atoms with E-state index in [4.69, 9.17) is 16.3 Å². The van der Waals surface area contributed by atoms with Crippen molar-refractivity contribution < 1.29 is 14.3 Å². The summed E-state index contributed by atoms with van der Waals surface area (Å²) in [5, 5.41) is 6.50. The number of ether oxygens (including phenoxy) is 1. The molecule has 2 aliphatic heterocycles. The van der Waals surface area contributed by atoms with E-state index >= 15 is 0 Å². The standard InChI is InChI=1S/C17H22ClN3O3.ClH/c18-15-10-13(20-16(22)11-12-2-1-5-19-12)3-4-14(15)17(23)21-6-8-24-9-7-21;/h3-4,10,12,19H,1-2,5-9,11H2,(H,20,22);1H. The fourth-order valence-electron chi connectivity index (χ4n) is 3.07. The maximum absolute atomic E-state index is 12.5. The van der Waals surface area contributed by atoms with Crippen LogP contribution in [0.25, 0.3) is 0 Å². The summed E-state index contributed by atoms with van der Waals surface area (Å²) in [6.45, 7) is 3.21. The van der Waals surface area contributed by atoms with Crippen LogP contribution in [-0.4, -0.2) is 55.6 Å². The second-order valence-corrected chi connectivity index (χ2v) is 6.55. The summed E-state index contributed by atoms with van der Waals surface area (Å²) >= 11 is 6.25. The van der Waals surface area contributed by atoms with Crippen LogP contribution in [0, 0.1) is 0 Å². The number of amides is 2. The first kappa shape index (κ1) is 20.0. The Kier molecular flexibility index (Phi) is 7.50. The molecule has 6 nitrogen and oxygen atoms in total. The SMILES string of the molecule is Cl.O=C(CC1CCCN1)Nc1ccc(C(=O)N2CCOCC2)c(Cl)c1. The third kappa shape index (κ3) is 5.31. The Hall–Kier alpha value is -1.34. The molecule has 8 heteroatoms. The molecule has 2 fully saturated rings. The van der Waals surface area contributed by atoms with Crippen molar-refractivity contribution in [2.45, 2.75) is 25.3 Å². The van der Waals surface area contributed by atoms with Crippen LogP contribution in [0.3, 0.4) is 0 Å². The van der Waals surface area contributed by atoms with Gasteiger partial charge < -0.3 is 20.3 Å². The Morgan fingerprint density at radius 2 is 2.08 bits per heavy atom. The maximum atomic E-state index is 12.5. The molecule has 1 aromatic carbocycles. The van der Waals surface area contributed by atoms with Crippen LogP contribution in [0.5, 0.6) is 0 Å². The van der Waals surface area contributed by atoms with Crippen LogP contribution in [0.1, 0.15) is 29.6 Å². The molecule has 3 rings (SSSR count). The molecular weight excluding hydrogens is 365 g/mol. The van der Waals surface area contributed by atoms with Crippen molar-refractivity contribution in [1.82, 2.24) is 10.2 Å². The van der Waals surface area contributed by atoms with Crippen molar-refractivity contribution in [3.8, 4) is 0 Å². The molecule has 0 aromatic heterocycles. The van der Waals surface area contributed by atoms with Gasteiger partial charge in [-0.05, 0) is 37.6 Å². The quantitative estimate of drug-likeness (QED) is 0.831. The van der Waals surface area contributed by atoms with Crippen LogP contribution >= 0.6 is 24.0 Å². The molecule has 2 N–H and O–H groups in total. The number of carbonyl (C=O) groups is 2. The molecule has 0 bridgehead atoms. The zero-order chi connectivity index (χ0) is 16.9. The first-order valence-corrected chi connectivity index (χ1v) is 8.71. The summed E-state index contributed by atoms with van der Waals surface area (Å²) < 4.78 is 5.25. The highest BCUT2D eigenvalue weighted by Crippen LogP contribution is 2.23. The van der Waals surface area contributed by atoms with Gasteiger partial charge in [0.2, 0.25) is 5.91 Å². The zero-order valence-corrected chi connectivity index (χ0v) is 15.5. The fourth-order valence-corrected chi connectivity index (χ4v) is 3.33.